The van der Waals surface area contributed by atoms with Crippen LogP contribution in [-0.4, -0.2) is 20.0 Å². The van der Waals surface area contributed by atoms with E-state index < -0.39 is 0 Å². The third-order valence-electron chi connectivity index (χ3n) is 4.65. The molecule has 0 N–H and O–H groups in total. The van der Waals surface area contributed by atoms with Gasteiger partial charge in [-0.1, -0.05) is 37.3 Å². The van der Waals surface area contributed by atoms with E-state index in [2.05, 4.69) is 31.0 Å². The molecule has 0 amide bonds. The van der Waals surface area contributed by atoms with Crippen LogP contribution in [0, 0.1) is 5.82 Å². The van der Waals surface area contributed by atoms with Gasteiger partial charge in [-0.05, 0) is 36.1 Å². The molecule has 3 aromatic rings. The fraction of sp³-hybridized carbons (Fsp3) is 0.238. The molecule has 26 heavy (non-hydrogen) atoms. The van der Waals surface area contributed by atoms with Crippen molar-refractivity contribution in [2.24, 2.45) is 0 Å². The molecule has 1 aromatic carbocycles. The van der Waals surface area contributed by atoms with Crippen LogP contribution in [0.3, 0.4) is 0 Å². The molecule has 0 spiro atoms. The Labute approximate surface area is 157 Å². The van der Waals surface area contributed by atoms with E-state index in [-0.39, 0.29) is 11.7 Å². The third-order valence-corrected chi connectivity index (χ3v) is 5.82. The van der Waals surface area contributed by atoms with Gasteiger partial charge in [-0.2, -0.15) is 5.10 Å². The number of rotatable bonds is 4. The van der Waals surface area contributed by atoms with E-state index in [1.807, 2.05) is 46.8 Å². The molecule has 0 saturated carbocycles. The van der Waals surface area contributed by atoms with E-state index in [4.69, 9.17) is 5.10 Å². The van der Waals surface area contributed by atoms with E-state index in [0.717, 1.165) is 17.1 Å². The van der Waals surface area contributed by atoms with Gasteiger partial charge in [-0.3, -0.25) is 9.67 Å². The van der Waals surface area contributed by atoms with Gasteiger partial charge in [-0.15, -0.1) is 11.8 Å². The second kappa shape index (κ2) is 7.08. The van der Waals surface area contributed by atoms with Crippen molar-refractivity contribution in [1.82, 2.24) is 14.8 Å². The topological polar surface area (TPSA) is 30.7 Å². The lowest BCUT2D eigenvalue weighted by atomic mass is 10.0. The molecule has 1 aliphatic heterocycles. The fourth-order valence-electron chi connectivity index (χ4n) is 3.37. The quantitative estimate of drug-likeness (QED) is 0.632. The summed E-state index contributed by atoms with van der Waals surface area (Å²) < 4.78 is 16.1. The maximum absolute atomic E-state index is 14.2. The predicted octanol–water partition coefficient (Wildman–Crippen LogP) is 5.26. The number of halogens is 1. The number of allylic oxidation sites excluding steroid dienone is 2. The maximum atomic E-state index is 14.2. The summed E-state index contributed by atoms with van der Waals surface area (Å²) in [5, 5.41) is 5.20. The van der Waals surface area contributed by atoms with Crippen molar-refractivity contribution >= 4 is 11.8 Å². The molecule has 0 fully saturated rings. The molecule has 0 aliphatic carbocycles. The highest BCUT2D eigenvalue weighted by Gasteiger charge is 2.28. The molecule has 3 nitrogen and oxygen atoms in total. The number of hydrogen-bond acceptors (Lipinski definition) is 3. The molecule has 0 bridgehead atoms. The van der Waals surface area contributed by atoms with Gasteiger partial charge in [0, 0.05) is 28.6 Å². The molecule has 5 heteroatoms. The van der Waals surface area contributed by atoms with Gasteiger partial charge < -0.3 is 0 Å². The van der Waals surface area contributed by atoms with Crippen LogP contribution >= 0.6 is 11.8 Å². The minimum Gasteiger partial charge on any atom is -0.264 e. The molecule has 3 heterocycles. The van der Waals surface area contributed by atoms with Gasteiger partial charge in [0.1, 0.15) is 11.5 Å². The first-order valence-electron chi connectivity index (χ1n) is 8.69. The van der Waals surface area contributed by atoms with Crippen LogP contribution in [0.4, 0.5) is 4.39 Å². The number of nitrogens with zero attached hydrogens (tertiary/aromatic N) is 3. The average molecular weight is 365 g/mol. The summed E-state index contributed by atoms with van der Waals surface area (Å²) in [4.78, 5) is 5.74. The van der Waals surface area contributed by atoms with Crippen LogP contribution in [-0.2, 0) is 6.54 Å². The number of aromatic nitrogens is 3. The minimum absolute atomic E-state index is 0.200. The molecule has 1 aliphatic rings. The molecule has 2 unspecified atom stereocenters. The van der Waals surface area contributed by atoms with Crippen molar-refractivity contribution in [2.45, 2.75) is 31.6 Å². The molecular weight excluding hydrogens is 345 g/mol. The standard InChI is InChI=1S/C21H20FN3S/c1-14-11-17(15(2)26-14)21-12-20(19-9-5-6-10-23-19)24-25(21)13-16-7-3-4-8-18(16)22/h3-12,15,17H,13H2,1-2H3. The fourth-order valence-corrected chi connectivity index (χ4v) is 4.55. The van der Waals surface area contributed by atoms with Crippen LogP contribution in [0.2, 0.25) is 0 Å². The summed E-state index contributed by atoms with van der Waals surface area (Å²) in [6, 6.07) is 14.8. The van der Waals surface area contributed by atoms with Crippen molar-refractivity contribution in [3.05, 3.63) is 82.8 Å². The van der Waals surface area contributed by atoms with Gasteiger partial charge in [0.25, 0.3) is 0 Å². The van der Waals surface area contributed by atoms with Crippen molar-refractivity contribution in [1.29, 1.82) is 0 Å². The van der Waals surface area contributed by atoms with Gasteiger partial charge in [0.15, 0.2) is 0 Å². The highest BCUT2D eigenvalue weighted by molar-refractivity contribution is 8.03. The number of hydrogen-bond donors (Lipinski definition) is 0. The Morgan fingerprint density at radius 1 is 1.12 bits per heavy atom. The Morgan fingerprint density at radius 3 is 2.62 bits per heavy atom. The monoisotopic (exact) mass is 365 g/mol. The Bertz CT molecular complexity index is 949. The molecular formula is C21H20FN3S. The summed E-state index contributed by atoms with van der Waals surface area (Å²) >= 11 is 1.88. The SMILES string of the molecule is CC1=CC(c2cc(-c3ccccn3)nn2Cc2ccccc2F)C(C)S1. The van der Waals surface area contributed by atoms with Gasteiger partial charge in [0.05, 0.1) is 12.2 Å². The van der Waals surface area contributed by atoms with E-state index in [9.17, 15) is 4.39 Å². The van der Waals surface area contributed by atoms with Crippen LogP contribution in [0.1, 0.15) is 31.0 Å². The van der Waals surface area contributed by atoms with Crippen molar-refractivity contribution in [3.63, 3.8) is 0 Å². The zero-order chi connectivity index (χ0) is 18.1. The van der Waals surface area contributed by atoms with E-state index in [1.54, 1.807) is 12.3 Å². The summed E-state index contributed by atoms with van der Waals surface area (Å²) in [5.74, 6) is 0.0608. The van der Waals surface area contributed by atoms with Crippen LogP contribution < -0.4 is 0 Å². The lowest BCUT2D eigenvalue weighted by molar-refractivity contribution is 0.568. The van der Waals surface area contributed by atoms with Crippen molar-refractivity contribution in [3.8, 4) is 11.4 Å². The first kappa shape index (κ1) is 17.0. The van der Waals surface area contributed by atoms with Crippen LogP contribution in [0.15, 0.2) is 65.7 Å². The normalized spacial score (nSPS) is 19.6. The number of thioether (sulfide) groups is 1. The first-order valence-corrected chi connectivity index (χ1v) is 9.57. The van der Waals surface area contributed by atoms with E-state index >= 15 is 0 Å². The molecule has 2 atom stereocenters. The Balaban J connectivity index is 1.78. The second-order valence-electron chi connectivity index (χ2n) is 6.54. The summed E-state index contributed by atoms with van der Waals surface area (Å²) in [6.45, 7) is 4.78. The zero-order valence-corrected chi connectivity index (χ0v) is 15.6. The Hall–Kier alpha value is -2.40. The highest BCUT2D eigenvalue weighted by Crippen LogP contribution is 2.42. The largest absolute Gasteiger partial charge is 0.264 e. The van der Waals surface area contributed by atoms with Crippen LogP contribution in [0.5, 0.6) is 0 Å². The molecule has 132 valence electrons. The maximum Gasteiger partial charge on any atom is 0.128 e. The molecule has 0 radical (unpaired) electrons. The van der Waals surface area contributed by atoms with Crippen molar-refractivity contribution in [2.75, 3.05) is 0 Å². The lowest BCUT2D eigenvalue weighted by Crippen LogP contribution is -2.14. The molecule has 4 rings (SSSR count). The van der Waals surface area contributed by atoms with Gasteiger partial charge in [0.2, 0.25) is 0 Å². The van der Waals surface area contributed by atoms with Crippen molar-refractivity contribution < 1.29 is 4.39 Å². The molecule has 0 saturated heterocycles. The minimum atomic E-state index is -0.200. The zero-order valence-electron chi connectivity index (χ0n) is 14.8. The van der Waals surface area contributed by atoms with Gasteiger partial charge in [-0.25, -0.2) is 4.39 Å². The number of benzene rings is 1. The lowest BCUT2D eigenvalue weighted by Gasteiger charge is -2.16. The first-order chi connectivity index (χ1) is 12.6. The summed E-state index contributed by atoms with van der Waals surface area (Å²) in [7, 11) is 0. The van der Waals surface area contributed by atoms with E-state index in [1.165, 1.54) is 11.0 Å². The Morgan fingerprint density at radius 2 is 1.92 bits per heavy atom. The predicted molar refractivity (Wildman–Crippen MR) is 105 cm³/mol. The smallest absolute Gasteiger partial charge is 0.128 e. The summed E-state index contributed by atoms with van der Waals surface area (Å²) in [6.07, 6.45) is 4.05. The number of pyridine rings is 1. The summed E-state index contributed by atoms with van der Waals surface area (Å²) in [5.41, 5.74) is 3.40. The third kappa shape index (κ3) is 3.31. The average Bonchev–Trinajstić information content (AvgIpc) is 3.20. The second-order valence-corrected chi connectivity index (χ2v) is 8.17. The molecule has 2 aromatic heterocycles. The van der Waals surface area contributed by atoms with Crippen LogP contribution in [0.25, 0.3) is 11.4 Å². The van der Waals surface area contributed by atoms with E-state index in [0.29, 0.717) is 17.4 Å². The Kier molecular flexibility index (Phi) is 4.64. The van der Waals surface area contributed by atoms with Gasteiger partial charge >= 0.3 is 0 Å². The highest BCUT2D eigenvalue weighted by atomic mass is 32.2.